The molecule has 4 rings (SSSR count). The van der Waals surface area contributed by atoms with Crippen LogP contribution in [0.5, 0.6) is 0 Å². The molecule has 1 amide bonds. The molecule has 1 saturated heterocycles. The van der Waals surface area contributed by atoms with Gasteiger partial charge in [0.05, 0.1) is 5.69 Å². The van der Waals surface area contributed by atoms with E-state index in [9.17, 15) is 4.79 Å². The van der Waals surface area contributed by atoms with Crippen LogP contribution in [0, 0.1) is 13.8 Å². The molecule has 0 saturated carbocycles. The Balaban J connectivity index is 1.42. The molecule has 0 aromatic carbocycles. The first-order valence-electron chi connectivity index (χ1n) is 8.85. The van der Waals surface area contributed by atoms with Crippen LogP contribution in [0.4, 0.5) is 6.01 Å². The highest BCUT2D eigenvalue weighted by Crippen LogP contribution is 2.21. The monoisotopic (exact) mass is 354 g/mol. The summed E-state index contributed by atoms with van der Waals surface area (Å²) < 4.78 is 7.58. The summed E-state index contributed by atoms with van der Waals surface area (Å²) in [6.07, 6.45) is 2.57. The topological polar surface area (TPSA) is 80.3 Å². The zero-order valence-electron chi connectivity index (χ0n) is 15.1. The fourth-order valence-electron chi connectivity index (χ4n) is 3.31. The van der Waals surface area contributed by atoms with Gasteiger partial charge in [0, 0.05) is 38.1 Å². The number of rotatable bonds is 3. The number of nitrogens with zero attached hydrogens (tertiary/aromatic N) is 6. The highest BCUT2D eigenvalue weighted by molar-refractivity contribution is 5.76. The summed E-state index contributed by atoms with van der Waals surface area (Å²) in [4.78, 5) is 25.3. The number of pyridine rings is 1. The standard InChI is InChI=1S/C18H22N6O2/c1-13-11-14(2)24(21-13)12-16(25)22-7-4-8-23(10-9-22)18-20-17-15(26-18)5-3-6-19-17/h3,5-6,11H,4,7-10,12H2,1-2H3. The van der Waals surface area contributed by atoms with Gasteiger partial charge in [-0.3, -0.25) is 9.48 Å². The Kier molecular flexibility index (Phi) is 4.32. The zero-order valence-corrected chi connectivity index (χ0v) is 15.1. The van der Waals surface area contributed by atoms with Crippen molar-refractivity contribution in [3.05, 3.63) is 35.8 Å². The zero-order chi connectivity index (χ0) is 18.1. The number of fused-ring (bicyclic) bond motifs is 1. The number of hydrogen-bond acceptors (Lipinski definition) is 6. The Morgan fingerprint density at radius 2 is 2.12 bits per heavy atom. The molecule has 136 valence electrons. The average Bonchev–Trinajstić information content (AvgIpc) is 3.08. The predicted octanol–water partition coefficient (Wildman–Crippen LogP) is 1.78. The molecule has 8 heteroatoms. The van der Waals surface area contributed by atoms with E-state index >= 15 is 0 Å². The van der Waals surface area contributed by atoms with E-state index in [2.05, 4.69) is 20.0 Å². The van der Waals surface area contributed by atoms with E-state index in [0.29, 0.717) is 30.3 Å². The number of anilines is 1. The highest BCUT2D eigenvalue weighted by Gasteiger charge is 2.22. The average molecular weight is 354 g/mol. The molecule has 0 bridgehead atoms. The molecule has 0 atom stereocenters. The fraction of sp³-hybridized carbons (Fsp3) is 0.444. The highest BCUT2D eigenvalue weighted by atomic mass is 16.4. The van der Waals surface area contributed by atoms with E-state index in [-0.39, 0.29) is 12.5 Å². The smallest absolute Gasteiger partial charge is 0.300 e. The number of carbonyl (C=O) groups excluding carboxylic acids is 1. The minimum Gasteiger partial charge on any atom is -0.422 e. The number of aromatic nitrogens is 4. The molecular formula is C18H22N6O2. The third-order valence-corrected chi connectivity index (χ3v) is 4.66. The summed E-state index contributed by atoms with van der Waals surface area (Å²) in [7, 11) is 0. The van der Waals surface area contributed by atoms with Gasteiger partial charge in [0.15, 0.2) is 5.58 Å². The van der Waals surface area contributed by atoms with Crippen LogP contribution < -0.4 is 4.90 Å². The van der Waals surface area contributed by atoms with Gasteiger partial charge < -0.3 is 14.2 Å². The molecule has 4 heterocycles. The van der Waals surface area contributed by atoms with Crippen LogP contribution in [0.15, 0.2) is 28.8 Å². The predicted molar refractivity (Wildman–Crippen MR) is 96.9 cm³/mol. The Morgan fingerprint density at radius 1 is 1.23 bits per heavy atom. The van der Waals surface area contributed by atoms with Crippen molar-refractivity contribution in [2.75, 3.05) is 31.1 Å². The van der Waals surface area contributed by atoms with Gasteiger partial charge >= 0.3 is 0 Å². The number of aryl methyl sites for hydroxylation is 2. The molecule has 0 radical (unpaired) electrons. The van der Waals surface area contributed by atoms with Gasteiger partial charge in [-0.25, -0.2) is 4.98 Å². The van der Waals surface area contributed by atoms with Crippen LogP contribution in [0.25, 0.3) is 11.2 Å². The SMILES string of the molecule is Cc1cc(C)n(CC(=O)N2CCCN(c3nc4ncccc4o3)CC2)n1. The fourth-order valence-corrected chi connectivity index (χ4v) is 3.31. The second kappa shape index (κ2) is 6.78. The van der Waals surface area contributed by atoms with Crippen LogP contribution >= 0.6 is 0 Å². The lowest BCUT2D eigenvalue weighted by molar-refractivity contribution is -0.131. The normalized spacial score (nSPS) is 15.5. The van der Waals surface area contributed by atoms with Crippen LogP contribution in [-0.2, 0) is 11.3 Å². The maximum Gasteiger partial charge on any atom is 0.300 e. The van der Waals surface area contributed by atoms with Crippen LogP contribution in [0.2, 0.25) is 0 Å². The lowest BCUT2D eigenvalue weighted by Crippen LogP contribution is -2.37. The van der Waals surface area contributed by atoms with Gasteiger partial charge in [0.25, 0.3) is 6.01 Å². The minimum absolute atomic E-state index is 0.0947. The molecule has 0 unspecified atom stereocenters. The van der Waals surface area contributed by atoms with E-state index in [1.165, 1.54) is 0 Å². The van der Waals surface area contributed by atoms with Gasteiger partial charge in [-0.05, 0) is 38.5 Å². The number of carbonyl (C=O) groups is 1. The maximum absolute atomic E-state index is 12.7. The number of hydrogen-bond donors (Lipinski definition) is 0. The summed E-state index contributed by atoms with van der Waals surface area (Å²) in [5.74, 6) is 0.0947. The van der Waals surface area contributed by atoms with Crippen LogP contribution in [-0.4, -0.2) is 56.7 Å². The van der Waals surface area contributed by atoms with E-state index in [1.54, 1.807) is 10.9 Å². The van der Waals surface area contributed by atoms with Gasteiger partial charge in [0.1, 0.15) is 6.54 Å². The van der Waals surface area contributed by atoms with E-state index in [1.807, 2.05) is 36.9 Å². The van der Waals surface area contributed by atoms with Gasteiger partial charge in [0.2, 0.25) is 11.6 Å². The molecule has 0 N–H and O–H groups in total. The van der Waals surface area contributed by atoms with Crippen molar-refractivity contribution in [3.8, 4) is 0 Å². The second-order valence-corrected chi connectivity index (χ2v) is 6.63. The van der Waals surface area contributed by atoms with Crippen molar-refractivity contribution in [2.24, 2.45) is 0 Å². The molecule has 8 nitrogen and oxygen atoms in total. The van der Waals surface area contributed by atoms with Crippen LogP contribution in [0.3, 0.4) is 0 Å². The summed E-state index contributed by atoms with van der Waals surface area (Å²) in [6.45, 7) is 7.06. The maximum atomic E-state index is 12.7. The van der Waals surface area contributed by atoms with E-state index in [0.717, 1.165) is 30.9 Å². The molecular weight excluding hydrogens is 332 g/mol. The largest absolute Gasteiger partial charge is 0.422 e. The van der Waals surface area contributed by atoms with Crippen molar-refractivity contribution >= 4 is 23.2 Å². The summed E-state index contributed by atoms with van der Waals surface area (Å²) in [5.41, 5.74) is 3.24. The molecule has 1 aliphatic heterocycles. The summed E-state index contributed by atoms with van der Waals surface area (Å²) >= 11 is 0. The third-order valence-electron chi connectivity index (χ3n) is 4.66. The Hall–Kier alpha value is -2.90. The second-order valence-electron chi connectivity index (χ2n) is 6.63. The summed E-state index contributed by atoms with van der Waals surface area (Å²) in [5, 5.41) is 4.38. The lowest BCUT2D eigenvalue weighted by atomic mass is 10.3. The Labute approximate surface area is 151 Å². The van der Waals surface area contributed by atoms with Gasteiger partial charge in [-0.15, -0.1) is 0 Å². The quantitative estimate of drug-likeness (QED) is 0.713. The molecule has 0 aliphatic carbocycles. The van der Waals surface area contributed by atoms with Gasteiger partial charge in [-0.2, -0.15) is 10.1 Å². The van der Waals surface area contributed by atoms with Gasteiger partial charge in [-0.1, -0.05) is 0 Å². The molecule has 1 aliphatic rings. The number of amides is 1. The van der Waals surface area contributed by atoms with Crippen molar-refractivity contribution in [1.29, 1.82) is 0 Å². The van der Waals surface area contributed by atoms with Crippen molar-refractivity contribution in [2.45, 2.75) is 26.8 Å². The molecule has 3 aromatic heterocycles. The first-order valence-corrected chi connectivity index (χ1v) is 8.85. The molecule has 0 spiro atoms. The Morgan fingerprint density at radius 3 is 2.88 bits per heavy atom. The van der Waals surface area contributed by atoms with Crippen LogP contribution in [0.1, 0.15) is 17.8 Å². The first-order chi connectivity index (χ1) is 12.6. The lowest BCUT2D eigenvalue weighted by Gasteiger charge is -2.21. The molecule has 3 aromatic rings. The minimum atomic E-state index is 0.0947. The van der Waals surface area contributed by atoms with Crippen molar-refractivity contribution in [1.82, 2.24) is 24.6 Å². The third kappa shape index (κ3) is 3.26. The molecule has 26 heavy (non-hydrogen) atoms. The summed E-state index contributed by atoms with van der Waals surface area (Å²) in [6, 6.07) is 6.25. The first kappa shape index (κ1) is 16.6. The molecule has 1 fully saturated rings. The van der Waals surface area contributed by atoms with Crippen molar-refractivity contribution in [3.63, 3.8) is 0 Å². The van der Waals surface area contributed by atoms with E-state index < -0.39 is 0 Å². The number of oxazole rings is 1. The van der Waals surface area contributed by atoms with Crippen molar-refractivity contribution < 1.29 is 9.21 Å². The Bertz CT molecular complexity index is 898. The van der Waals surface area contributed by atoms with E-state index in [4.69, 9.17) is 4.42 Å².